The van der Waals surface area contributed by atoms with Crippen LogP contribution in [-0.2, 0) is 0 Å². The van der Waals surface area contributed by atoms with Crippen LogP contribution in [0.15, 0.2) is 47.3 Å². The van der Waals surface area contributed by atoms with Gasteiger partial charge in [0.1, 0.15) is 0 Å². The number of benzene rings is 2. The van der Waals surface area contributed by atoms with Gasteiger partial charge in [0.15, 0.2) is 5.82 Å². The maximum Gasteiger partial charge on any atom is 0.335 e. The molecule has 110 valence electrons. The standard InChI is InChI=1S/C16H13N3O3/c1-9-4-2-3-5-11(9)14-18-13-8-10(16(21)22)6-7-12(13)15(20)19(14)17/h2-8H,17H2,1H3,(H,21,22). The summed E-state index contributed by atoms with van der Waals surface area (Å²) < 4.78 is 0.991. The van der Waals surface area contributed by atoms with Gasteiger partial charge in [0, 0.05) is 5.56 Å². The molecule has 1 heterocycles. The molecule has 0 saturated heterocycles. The number of carboxylic acids is 1. The number of aromatic nitrogens is 2. The van der Waals surface area contributed by atoms with E-state index in [0.29, 0.717) is 11.3 Å². The molecule has 0 unspecified atom stereocenters. The number of rotatable bonds is 2. The maximum absolute atomic E-state index is 12.4. The van der Waals surface area contributed by atoms with Gasteiger partial charge in [-0.05, 0) is 30.7 Å². The largest absolute Gasteiger partial charge is 0.478 e. The fourth-order valence-corrected chi connectivity index (χ4v) is 2.35. The quantitative estimate of drug-likeness (QED) is 0.702. The molecule has 3 aromatic rings. The number of nitrogens with two attached hydrogens (primary N) is 1. The van der Waals surface area contributed by atoms with Gasteiger partial charge in [-0.25, -0.2) is 14.5 Å². The molecule has 0 amide bonds. The van der Waals surface area contributed by atoms with Crippen molar-refractivity contribution < 1.29 is 9.90 Å². The van der Waals surface area contributed by atoms with E-state index in [4.69, 9.17) is 10.9 Å². The second kappa shape index (κ2) is 5.00. The lowest BCUT2D eigenvalue weighted by molar-refractivity contribution is 0.0697. The molecule has 0 radical (unpaired) electrons. The monoisotopic (exact) mass is 295 g/mol. The smallest absolute Gasteiger partial charge is 0.335 e. The van der Waals surface area contributed by atoms with Crippen LogP contribution in [0.25, 0.3) is 22.3 Å². The summed E-state index contributed by atoms with van der Waals surface area (Å²) in [5, 5.41) is 9.35. The number of fused-ring (bicyclic) bond motifs is 1. The number of carbonyl (C=O) groups is 1. The van der Waals surface area contributed by atoms with Crippen LogP contribution in [0, 0.1) is 6.92 Å². The molecule has 3 N–H and O–H groups in total. The average molecular weight is 295 g/mol. The first kappa shape index (κ1) is 13.8. The molecule has 1 aromatic heterocycles. The Morgan fingerprint density at radius 3 is 2.64 bits per heavy atom. The second-order valence-corrected chi connectivity index (χ2v) is 4.96. The van der Waals surface area contributed by atoms with Gasteiger partial charge in [-0.2, -0.15) is 0 Å². The Morgan fingerprint density at radius 1 is 1.23 bits per heavy atom. The molecular formula is C16H13N3O3. The van der Waals surface area contributed by atoms with Gasteiger partial charge in [-0.1, -0.05) is 24.3 Å². The van der Waals surface area contributed by atoms with Crippen molar-refractivity contribution in [3.63, 3.8) is 0 Å². The molecule has 0 aliphatic heterocycles. The summed E-state index contributed by atoms with van der Waals surface area (Å²) in [6.07, 6.45) is 0. The normalized spacial score (nSPS) is 10.8. The lowest BCUT2D eigenvalue weighted by Gasteiger charge is -2.11. The third-order valence-electron chi connectivity index (χ3n) is 3.53. The van der Waals surface area contributed by atoms with Crippen LogP contribution in [0.2, 0.25) is 0 Å². The van der Waals surface area contributed by atoms with E-state index in [2.05, 4.69) is 4.98 Å². The zero-order valence-corrected chi connectivity index (χ0v) is 11.8. The van der Waals surface area contributed by atoms with Crippen molar-refractivity contribution in [2.75, 3.05) is 5.84 Å². The van der Waals surface area contributed by atoms with Gasteiger partial charge in [0.05, 0.1) is 16.5 Å². The third-order valence-corrected chi connectivity index (χ3v) is 3.53. The molecule has 0 fully saturated rings. The first-order chi connectivity index (χ1) is 10.5. The minimum atomic E-state index is -1.07. The predicted octanol–water partition coefficient (Wildman–Crippen LogP) is 1.78. The van der Waals surface area contributed by atoms with Crippen LogP contribution in [-0.4, -0.2) is 20.7 Å². The van der Waals surface area contributed by atoms with Gasteiger partial charge >= 0.3 is 5.97 Å². The number of hydrogen-bond acceptors (Lipinski definition) is 4. The molecule has 22 heavy (non-hydrogen) atoms. The molecule has 6 heteroatoms. The minimum absolute atomic E-state index is 0.0740. The van der Waals surface area contributed by atoms with E-state index in [1.165, 1.54) is 18.2 Å². The highest BCUT2D eigenvalue weighted by molar-refractivity contribution is 5.93. The molecule has 3 rings (SSSR count). The Hall–Kier alpha value is -3.15. The molecule has 0 aliphatic carbocycles. The number of hydrogen-bond donors (Lipinski definition) is 2. The Balaban J connectivity index is 2.37. The SMILES string of the molecule is Cc1ccccc1-c1nc2cc(C(=O)O)ccc2c(=O)n1N. The Bertz CT molecular complexity index is 960. The molecule has 0 bridgehead atoms. The fraction of sp³-hybridized carbons (Fsp3) is 0.0625. The summed E-state index contributed by atoms with van der Waals surface area (Å²) in [5.41, 5.74) is 1.61. The van der Waals surface area contributed by atoms with E-state index < -0.39 is 11.5 Å². The summed E-state index contributed by atoms with van der Waals surface area (Å²) in [7, 11) is 0. The lowest BCUT2D eigenvalue weighted by atomic mass is 10.1. The van der Waals surface area contributed by atoms with Gasteiger partial charge in [0.25, 0.3) is 5.56 Å². The van der Waals surface area contributed by atoms with Crippen molar-refractivity contribution in [1.29, 1.82) is 0 Å². The van der Waals surface area contributed by atoms with Crippen molar-refractivity contribution in [2.24, 2.45) is 0 Å². The summed E-state index contributed by atoms with van der Waals surface area (Å²) in [5.74, 6) is 5.11. The van der Waals surface area contributed by atoms with Crippen LogP contribution in [0.1, 0.15) is 15.9 Å². The van der Waals surface area contributed by atoms with E-state index in [1.54, 1.807) is 0 Å². The molecule has 0 saturated carbocycles. The van der Waals surface area contributed by atoms with E-state index in [0.717, 1.165) is 15.8 Å². The van der Waals surface area contributed by atoms with E-state index in [1.807, 2.05) is 31.2 Å². The minimum Gasteiger partial charge on any atom is -0.478 e. The highest BCUT2D eigenvalue weighted by Gasteiger charge is 2.14. The second-order valence-electron chi connectivity index (χ2n) is 4.96. The van der Waals surface area contributed by atoms with Crippen molar-refractivity contribution in [3.05, 3.63) is 63.9 Å². The summed E-state index contributed by atoms with van der Waals surface area (Å²) in [4.78, 5) is 27.8. The van der Waals surface area contributed by atoms with Gasteiger partial charge in [-0.3, -0.25) is 4.79 Å². The highest BCUT2D eigenvalue weighted by Crippen LogP contribution is 2.21. The highest BCUT2D eigenvalue weighted by atomic mass is 16.4. The first-order valence-electron chi connectivity index (χ1n) is 6.60. The van der Waals surface area contributed by atoms with Crippen LogP contribution < -0.4 is 11.4 Å². The van der Waals surface area contributed by atoms with Crippen LogP contribution >= 0.6 is 0 Å². The van der Waals surface area contributed by atoms with Crippen LogP contribution in [0.4, 0.5) is 0 Å². The number of nitrogen functional groups attached to an aromatic ring is 1. The average Bonchev–Trinajstić information content (AvgIpc) is 2.51. The molecule has 0 atom stereocenters. The lowest BCUT2D eigenvalue weighted by Crippen LogP contribution is -2.30. The van der Waals surface area contributed by atoms with Crippen molar-refractivity contribution in [3.8, 4) is 11.4 Å². The molecule has 0 spiro atoms. The van der Waals surface area contributed by atoms with Crippen LogP contribution in [0.3, 0.4) is 0 Å². The van der Waals surface area contributed by atoms with Crippen LogP contribution in [0.5, 0.6) is 0 Å². The van der Waals surface area contributed by atoms with Crippen molar-refractivity contribution in [2.45, 2.75) is 6.92 Å². The summed E-state index contributed by atoms with van der Waals surface area (Å²) in [6, 6.07) is 11.6. The van der Waals surface area contributed by atoms with E-state index in [9.17, 15) is 9.59 Å². The zero-order valence-electron chi connectivity index (χ0n) is 11.8. The third kappa shape index (κ3) is 2.10. The number of nitrogens with zero attached hydrogens (tertiary/aromatic N) is 2. The molecule has 0 aliphatic rings. The van der Waals surface area contributed by atoms with Gasteiger partial charge in [-0.15, -0.1) is 0 Å². The fourth-order valence-electron chi connectivity index (χ4n) is 2.35. The Morgan fingerprint density at radius 2 is 1.95 bits per heavy atom. The first-order valence-corrected chi connectivity index (χ1v) is 6.60. The number of aromatic carboxylic acids is 1. The van der Waals surface area contributed by atoms with Crippen molar-refractivity contribution >= 4 is 16.9 Å². The van der Waals surface area contributed by atoms with Crippen molar-refractivity contribution in [1.82, 2.24) is 9.66 Å². The van der Waals surface area contributed by atoms with Gasteiger partial charge in [0.2, 0.25) is 0 Å². The molecule has 6 nitrogen and oxygen atoms in total. The Kier molecular flexibility index (Phi) is 3.14. The summed E-state index contributed by atoms with van der Waals surface area (Å²) in [6.45, 7) is 1.89. The Labute approximate surface area is 125 Å². The molecular weight excluding hydrogens is 282 g/mol. The van der Waals surface area contributed by atoms with E-state index in [-0.39, 0.29) is 10.9 Å². The molecule has 2 aromatic carbocycles. The topological polar surface area (TPSA) is 98.2 Å². The van der Waals surface area contributed by atoms with E-state index >= 15 is 0 Å². The van der Waals surface area contributed by atoms with Gasteiger partial charge < -0.3 is 10.9 Å². The zero-order chi connectivity index (χ0) is 15.9. The predicted molar refractivity (Wildman–Crippen MR) is 83.3 cm³/mol. The maximum atomic E-state index is 12.4. The summed E-state index contributed by atoms with van der Waals surface area (Å²) >= 11 is 0. The number of aryl methyl sites for hydroxylation is 1. The number of carboxylic acid groups (broad SMARTS) is 1.